The second-order valence-electron chi connectivity index (χ2n) is 8.50. The number of hydrogen-bond donors (Lipinski definition) is 4. The first-order chi connectivity index (χ1) is 17.0. The summed E-state index contributed by atoms with van der Waals surface area (Å²) in [6.07, 6.45) is 5.71. The zero-order valence-electron chi connectivity index (χ0n) is 18.6. The maximum atomic E-state index is 13.1. The molecule has 0 unspecified atom stereocenters. The fourth-order valence-electron chi connectivity index (χ4n) is 4.50. The number of imidazole rings is 2. The minimum absolute atomic E-state index is 0.187. The Morgan fingerprint density at radius 2 is 2.00 bits per heavy atom. The predicted molar refractivity (Wildman–Crippen MR) is 132 cm³/mol. The van der Waals surface area contributed by atoms with Gasteiger partial charge in [-0.05, 0) is 37.1 Å². The number of aromatic nitrogens is 6. The monoisotopic (exact) mass is 490 g/mol. The Morgan fingerprint density at radius 1 is 1.14 bits per heavy atom. The Kier molecular flexibility index (Phi) is 5.21. The Hall–Kier alpha value is -4.19. The number of nitrogens with one attached hydrogen (secondary N) is 4. The van der Waals surface area contributed by atoms with E-state index in [1.165, 1.54) is 11.3 Å². The lowest BCUT2D eigenvalue weighted by atomic mass is 10.2. The van der Waals surface area contributed by atoms with Gasteiger partial charge in [0.25, 0.3) is 5.91 Å². The van der Waals surface area contributed by atoms with Crippen molar-refractivity contribution in [1.29, 1.82) is 0 Å². The van der Waals surface area contributed by atoms with Crippen LogP contribution in [0.1, 0.15) is 28.9 Å². The molecule has 1 aromatic carbocycles. The van der Waals surface area contributed by atoms with Crippen molar-refractivity contribution < 1.29 is 9.59 Å². The number of thiophene rings is 1. The van der Waals surface area contributed by atoms with E-state index in [1.54, 1.807) is 24.5 Å². The maximum Gasteiger partial charge on any atom is 0.323 e. The third-order valence-corrected chi connectivity index (χ3v) is 7.34. The number of benzene rings is 1. The summed E-state index contributed by atoms with van der Waals surface area (Å²) in [5.41, 5.74) is 3.40. The summed E-state index contributed by atoms with van der Waals surface area (Å²) in [6, 6.07) is 7.32. The van der Waals surface area contributed by atoms with Crippen molar-refractivity contribution in [3.63, 3.8) is 0 Å². The molecule has 1 saturated heterocycles. The molecule has 0 atom stereocenters. The van der Waals surface area contributed by atoms with Crippen LogP contribution >= 0.6 is 11.3 Å². The number of anilines is 1. The predicted octanol–water partition coefficient (Wildman–Crippen LogP) is 2.92. The Bertz CT molecular complexity index is 1610. The summed E-state index contributed by atoms with van der Waals surface area (Å²) in [7, 11) is 0. The third-order valence-electron chi connectivity index (χ3n) is 6.20. The van der Waals surface area contributed by atoms with Crippen LogP contribution < -0.4 is 11.0 Å². The Balaban J connectivity index is 1.30. The van der Waals surface area contributed by atoms with E-state index < -0.39 is 0 Å². The Labute approximate surface area is 202 Å². The summed E-state index contributed by atoms with van der Waals surface area (Å²) in [5.74, 6) is 0.354. The number of carbonyl (C=O) groups is 2. The second kappa shape index (κ2) is 8.55. The highest BCUT2D eigenvalue weighted by Gasteiger charge is 2.21. The molecule has 0 aliphatic carbocycles. The standard InChI is InChI=1S/C23H22N8O3S/c32-20-3-1-6-30(20)7-2-8-31-17-10-15-14(27-23(34)28-15)9-16(17)26-22(31)29-21(33)19-5-4-18(35-19)13-11-24-25-12-13/h4-5,9-12H,1-3,6-8H2,(H,24,25)(H,26,29,33)(H2,27,28,34). The van der Waals surface area contributed by atoms with Crippen molar-refractivity contribution in [2.45, 2.75) is 25.8 Å². The molecule has 0 saturated carbocycles. The molecule has 12 heteroatoms. The summed E-state index contributed by atoms with van der Waals surface area (Å²) < 4.78 is 1.93. The molecule has 178 valence electrons. The van der Waals surface area contributed by atoms with Crippen LogP contribution in [-0.4, -0.2) is 59.5 Å². The number of aryl methyl sites for hydroxylation is 1. The summed E-state index contributed by atoms with van der Waals surface area (Å²) in [5, 5.41) is 9.70. The van der Waals surface area contributed by atoms with E-state index >= 15 is 0 Å². The van der Waals surface area contributed by atoms with Gasteiger partial charge in [-0.15, -0.1) is 11.3 Å². The van der Waals surface area contributed by atoms with Crippen LogP contribution in [0.3, 0.4) is 0 Å². The molecule has 4 aromatic heterocycles. The molecule has 5 aromatic rings. The molecule has 0 bridgehead atoms. The molecule has 5 heterocycles. The van der Waals surface area contributed by atoms with Crippen molar-refractivity contribution in [3.8, 4) is 10.4 Å². The van der Waals surface area contributed by atoms with Gasteiger partial charge in [-0.3, -0.25) is 20.0 Å². The van der Waals surface area contributed by atoms with E-state index in [0.29, 0.717) is 53.3 Å². The highest BCUT2D eigenvalue weighted by molar-refractivity contribution is 7.17. The van der Waals surface area contributed by atoms with Crippen LogP contribution in [0.2, 0.25) is 0 Å². The summed E-state index contributed by atoms with van der Waals surface area (Å²) in [4.78, 5) is 50.4. The lowest BCUT2D eigenvalue weighted by molar-refractivity contribution is -0.127. The van der Waals surface area contributed by atoms with Gasteiger partial charge in [-0.2, -0.15) is 5.10 Å². The Morgan fingerprint density at radius 3 is 2.77 bits per heavy atom. The van der Waals surface area contributed by atoms with Crippen LogP contribution in [0, 0.1) is 0 Å². The lowest BCUT2D eigenvalue weighted by Gasteiger charge is -2.16. The maximum absolute atomic E-state index is 13.1. The number of rotatable bonds is 7. The highest BCUT2D eigenvalue weighted by atomic mass is 32.1. The summed E-state index contributed by atoms with van der Waals surface area (Å²) in [6.45, 7) is 1.99. The van der Waals surface area contributed by atoms with Gasteiger partial charge in [-0.1, -0.05) is 0 Å². The van der Waals surface area contributed by atoms with Gasteiger partial charge in [0.05, 0.1) is 33.1 Å². The van der Waals surface area contributed by atoms with Crippen molar-refractivity contribution in [1.82, 2.24) is 34.6 Å². The average molecular weight is 491 g/mol. The topological polar surface area (TPSA) is 145 Å². The fourth-order valence-corrected chi connectivity index (χ4v) is 5.38. The van der Waals surface area contributed by atoms with E-state index in [1.807, 2.05) is 21.6 Å². The van der Waals surface area contributed by atoms with Gasteiger partial charge in [-0.25, -0.2) is 9.78 Å². The lowest BCUT2D eigenvalue weighted by Crippen LogP contribution is -2.26. The molecule has 11 nitrogen and oxygen atoms in total. The van der Waals surface area contributed by atoms with Gasteiger partial charge < -0.3 is 19.4 Å². The van der Waals surface area contributed by atoms with E-state index in [4.69, 9.17) is 0 Å². The quantitative estimate of drug-likeness (QED) is 0.277. The van der Waals surface area contributed by atoms with Gasteiger partial charge >= 0.3 is 5.69 Å². The molecule has 0 radical (unpaired) electrons. The normalized spacial score (nSPS) is 13.9. The van der Waals surface area contributed by atoms with Gasteiger partial charge in [0, 0.05) is 42.7 Å². The van der Waals surface area contributed by atoms with Crippen LogP contribution in [0.4, 0.5) is 5.95 Å². The minimum atomic E-state index is -0.286. The van der Waals surface area contributed by atoms with Crippen molar-refractivity contribution in [3.05, 3.63) is 52.0 Å². The van der Waals surface area contributed by atoms with E-state index in [9.17, 15) is 14.4 Å². The molecular formula is C23H22N8O3S. The molecular weight excluding hydrogens is 468 g/mol. The number of amides is 2. The molecule has 1 aliphatic rings. The van der Waals surface area contributed by atoms with Gasteiger partial charge in [0.1, 0.15) is 0 Å². The first-order valence-corrected chi connectivity index (χ1v) is 12.2. The largest absolute Gasteiger partial charge is 0.343 e. The number of nitrogens with zero attached hydrogens (tertiary/aromatic N) is 4. The number of carbonyl (C=O) groups excluding carboxylic acids is 2. The SMILES string of the molecule is O=C(Nc1nc2cc3[nH]c(=O)[nH]c3cc2n1CCCN1CCCC1=O)c1ccc(-c2cn[nH]c2)s1. The fraction of sp³-hybridized carbons (Fsp3) is 0.261. The van der Waals surface area contributed by atoms with Crippen LogP contribution in [0.15, 0.2) is 41.5 Å². The van der Waals surface area contributed by atoms with Crippen LogP contribution in [0.25, 0.3) is 32.5 Å². The van der Waals surface area contributed by atoms with E-state index in [2.05, 4.69) is 30.5 Å². The van der Waals surface area contributed by atoms with Gasteiger partial charge in [0.15, 0.2) is 0 Å². The van der Waals surface area contributed by atoms with Crippen molar-refractivity contribution in [2.75, 3.05) is 18.4 Å². The molecule has 1 fully saturated rings. The number of fused-ring (bicyclic) bond motifs is 2. The number of H-pyrrole nitrogens is 3. The van der Waals surface area contributed by atoms with Crippen molar-refractivity contribution >= 4 is 51.2 Å². The molecule has 4 N–H and O–H groups in total. The molecule has 6 rings (SSSR count). The summed E-state index contributed by atoms with van der Waals surface area (Å²) >= 11 is 1.37. The van der Waals surface area contributed by atoms with Crippen molar-refractivity contribution in [2.24, 2.45) is 0 Å². The number of hydrogen-bond acceptors (Lipinski definition) is 6. The van der Waals surface area contributed by atoms with Crippen LogP contribution in [-0.2, 0) is 11.3 Å². The van der Waals surface area contributed by atoms with E-state index in [-0.39, 0.29) is 17.5 Å². The molecule has 35 heavy (non-hydrogen) atoms. The number of aromatic amines is 3. The van der Waals surface area contributed by atoms with Crippen LogP contribution in [0.5, 0.6) is 0 Å². The first kappa shape index (κ1) is 21.4. The smallest absolute Gasteiger partial charge is 0.323 e. The minimum Gasteiger partial charge on any atom is -0.343 e. The first-order valence-electron chi connectivity index (χ1n) is 11.4. The zero-order chi connectivity index (χ0) is 23.9. The molecule has 2 amide bonds. The highest BCUT2D eigenvalue weighted by Crippen LogP contribution is 2.29. The average Bonchev–Trinajstić information content (AvgIpc) is 3.64. The molecule has 0 spiro atoms. The number of likely N-dealkylation sites (tertiary alicyclic amines) is 1. The second-order valence-corrected chi connectivity index (χ2v) is 9.58. The third kappa shape index (κ3) is 4.01. The zero-order valence-corrected chi connectivity index (χ0v) is 19.4. The van der Waals surface area contributed by atoms with E-state index in [0.717, 1.165) is 28.9 Å². The van der Waals surface area contributed by atoms with Gasteiger partial charge in [0.2, 0.25) is 11.9 Å². The molecule has 1 aliphatic heterocycles.